The average Bonchev–Trinajstić information content (AvgIpc) is 2.44. The van der Waals surface area contributed by atoms with Crippen molar-refractivity contribution in [2.24, 2.45) is 7.05 Å². The number of hydrogen-bond donors (Lipinski definition) is 1. The van der Waals surface area contributed by atoms with E-state index in [9.17, 15) is 5.11 Å². The second kappa shape index (κ2) is 3.37. The van der Waals surface area contributed by atoms with Gasteiger partial charge in [-0.1, -0.05) is 0 Å². The monoisotopic (exact) mass is 195 g/mol. The summed E-state index contributed by atoms with van der Waals surface area (Å²) in [5.41, 5.74) is 0.814. The summed E-state index contributed by atoms with van der Waals surface area (Å²) in [6.07, 6.45) is 4.96. The van der Waals surface area contributed by atoms with Crippen LogP contribution in [0.25, 0.3) is 0 Å². The third kappa shape index (κ3) is 2.13. The summed E-state index contributed by atoms with van der Waals surface area (Å²) in [6, 6.07) is 0. The first kappa shape index (κ1) is 9.68. The second-order valence-corrected chi connectivity index (χ2v) is 4.48. The molecule has 0 bridgehead atoms. The average molecular weight is 195 g/mol. The fourth-order valence-electron chi connectivity index (χ4n) is 1.96. The zero-order chi connectivity index (χ0) is 10.2. The molecule has 2 rings (SSSR count). The minimum atomic E-state index is -0.449. The number of aliphatic hydroxyl groups is 1. The van der Waals surface area contributed by atoms with E-state index in [2.05, 4.69) is 10.00 Å². The SMILES string of the molecule is Cn1cc(CCN2CC(C)(O)C2)cn1. The molecule has 1 aromatic heterocycles. The highest BCUT2D eigenvalue weighted by atomic mass is 16.3. The van der Waals surface area contributed by atoms with Gasteiger partial charge in [-0.3, -0.25) is 9.58 Å². The molecule has 78 valence electrons. The fraction of sp³-hybridized carbons (Fsp3) is 0.700. The third-order valence-electron chi connectivity index (χ3n) is 2.60. The van der Waals surface area contributed by atoms with Crippen molar-refractivity contribution < 1.29 is 5.11 Å². The Kier molecular flexibility index (Phi) is 2.33. The van der Waals surface area contributed by atoms with Gasteiger partial charge in [0.1, 0.15) is 0 Å². The molecule has 1 aliphatic rings. The van der Waals surface area contributed by atoms with Crippen molar-refractivity contribution >= 4 is 0 Å². The number of rotatable bonds is 3. The van der Waals surface area contributed by atoms with Gasteiger partial charge >= 0.3 is 0 Å². The molecule has 1 aromatic rings. The van der Waals surface area contributed by atoms with Crippen LogP contribution in [-0.4, -0.2) is 45.0 Å². The predicted molar refractivity (Wildman–Crippen MR) is 54.0 cm³/mol. The molecular weight excluding hydrogens is 178 g/mol. The molecule has 0 amide bonds. The first-order valence-electron chi connectivity index (χ1n) is 4.97. The van der Waals surface area contributed by atoms with Crippen molar-refractivity contribution in [1.82, 2.24) is 14.7 Å². The molecule has 0 aliphatic carbocycles. The Hall–Kier alpha value is -0.870. The number of β-amino-alcohol motifs (C(OH)–C–C–N with tert-alkyl or cyclic N) is 1. The van der Waals surface area contributed by atoms with Crippen LogP contribution in [0.2, 0.25) is 0 Å². The fourth-order valence-corrected chi connectivity index (χ4v) is 1.96. The van der Waals surface area contributed by atoms with Crippen LogP contribution in [-0.2, 0) is 13.5 Å². The zero-order valence-electron chi connectivity index (χ0n) is 8.77. The molecule has 2 heterocycles. The standard InChI is InChI=1S/C10H17N3O/c1-10(14)7-13(8-10)4-3-9-5-11-12(2)6-9/h5-6,14H,3-4,7-8H2,1-2H3. The Morgan fingerprint density at radius 3 is 2.79 bits per heavy atom. The molecule has 1 saturated heterocycles. The van der Waals surface area contributed by atoms with E-state index < -0.39 is 5.60 Å². The van der Waals surface area contributed by atoms with E-state index in [4.69, 9.17) is 0 Å². The highest BCUT2D eigenvalue weighted by Gasteiger charge is 2.35. The first-order chi connectivity index (χ1) is 6.55. The Labute approximate surface area is 84.1 Å². The van der Waals surface area contributed by atoms with E-state index in [0.29, 0.717) is 0 Å². The summed E-state index contributed by atoms with van der Waals surface area (Å²) in [5.74, 6) is 0. The molecule has 0 atom stereocenters. The molecule has 0 aromatic carbocycles. The van der Waals surface area contributed by atoms with Gasteiger partial charge in [-0.25, -0.2) is 0 Å². The maximum atomic E-state index is 9.53. The summed E-state index contributed by atoms with van der Waals surface area (Å²) in [7, 11) is 1.93. The second-order valence-electron chi connectivity index (χ2n) is 4.48. The highest BCUT2D eigenvalue weighted by molar-refractivity contribution is 5.05. The number of likely N-dealkylation sites (tertiary alicyclic amines) is 1. The lowest BCUT2D eigenvalue weighted by molar-refractivity contribution is -0.0824. The van der Waals surface area contributed by atoms with E-state index in [-0.39, 0.29) is 0 Å². The van der Waals surface area contributed by atoms with E-state index in [1.54, 1.807) is 0 Å². The number of hydrogen-bond acceptors (Lipinski definition) is 3. The van der Waals surface area contributed by atoms with E-state index in [1.165, 1.54) is 5.56 Å². The molecule has 1 N–H and O–H groups in total. The molecule has 4 heteroatoms. The van der Waals surface area contributed by atoms with Crippen LogP contribution in [0.1, 0.15) is 12.5 Å². The van der Waals surface area contributed by atoms with Crippen molar-refractivity contribution in [3.63, 3.8) is 0 Å². The summed E-state index contributed by atoms with van der Waals surface area (Å²) < 4.78 is 1.82. The first-order valence-corrected chi connectivity index (χ1v) is 4.97. The smallest absolute Gasteiger partial charge is 0.0872 e. The minimum absolute atomic E-state index is 0.449. The van der Waals surface area contributed by atoms with Crippen LogP contribution in [0.3, 0.4) is 0 Å². The normalized spacial score (nSPS) is 20.8. The number of nitrogens with zero attached hydrogens (tertiary/aromatic N) is 3. The van der Waals surface area contributed by atoms with Gasteiger partial charge in [0.2, 0.25) is 0 Å². The van der Waals surface area contributed by atoms with Crippen LogP contribution >= 0.6 is 0 Å². The summed E-state index contributed by atoms with van der Waals surface area (Å²) in [4.78, 5) is 2.26. The Bertz CT molecular complexity index is 311. The lowest BCUT2D eigenvalue weighted by Crippen LogP contribution is -2.60. The van der Waals surface area contributed by atoms with Gasteiger partial charge in [0.25, 0.3) is 0 Å². The number of aromatic nitrogens is 2. The minimum Gasteiger partial charge on any atom is -0.388 e. The van der Waals surface area contributed by atoms with Gasteiger partial charge in [0.05, 0.1) is 11.8 Å². The highest BCUT2D eigenvalue weighted by Crippen LogP contribution is 2.19. The molecular formula is C10H17N3O. The van der Waals surface area contributed by atoms with Crippen LogP contribution in [0.4, 0.5) is 0 Å². The third-order valence-corrected chi connectivity index (χ3v) is 2.60. The predicted octanol–water partition coefficient (Wildman–Crippen LogP) is 0.0292. The van der Waals surface area contributed by atoms with E-state index in [1.807, 2.05) is 31.0 Å². The topological polar surface area (TPSA) is 41.3 Å². The van der Waals surface area contributed by atoms with Gasteiger partial charge in [0, 0.05) is 32.9 Å². The Morgan fingerprint density at radius 2 is 2.29 bits per heavy atom. The number of aryl methyl sites for hydroxylation is 1. The zero-order valence-corrected chi connectivity index (χ0v) is 8.77. The molecule has 0 spiro atoms. The summed E-state index contributed by atoms with van der Waals surface area (Å²) >= 11 is 0. The maximum Gasteiger partial charge on any atom is 0.0872 e. The largest absolute Gasteiger partial charge is 0.388 e. The Morgan fingerprint density at radius 1 is 1.57 bits per heavy atom. The van der Waals surface area contributed by atoms with Crippen LogP contribution in [0.5, 0.6) is 0 Å². The van der Waals surface area contributed by atoms with Gasteiger partial charge in [-0.05, 0) is 18.9 Å². The lowest BCUT2D eigenvalue weighted by Gasteiger charge is -2.44. The molecule has 1 aliphatic heterocycles. The summed E-state index contributed by atoms with van der Waals surface area (Å²) in [6.45, 7) is 4.50. The van der Waals surface area contributed by atoms with Crippen molar-refractivity contribution in [1.29, 1.82) is 0 Å². The Balaban J connectivity index is 1.74. The van der Waals surface area contributed by atoms with Crippen molar-refractivity contribution in [2.75, 3.05) is 19.6 Å². The van der Waals surface area contributed by atoms with Gasteiger partial charge < -0.3 is 5.11 Å². The molecule has 4 nitrogen and oxygen atoms in total. The van der Waals surface area contributed by atoms with Crippen molar-refractivity contribution in [2.45, 2.75) is 18.9 Å². The van der Waals surface area contributed by atoms with Gasteiger partial charge in [-0.2, -0.15) is 5.10 Å². The molecule has 1 fully saturated rings. The maximum absolute atomic E-state index is 9.53. The quantitative estimate of drug-likeness (QED) is 0.740. The molecule has 0 radical (unpaired) electrons. The summed E-state index contributed by atoms with van der Waals surface area (Å²) in [5, 5.41) is 13.6. The molecule has 0 unspecified atom stereocenters. The lowest BCUT2D eigenvalue weighted by atomic mass is 9.96. The van der Waals surface area contributed by atoms with E-state index in [0.717, 1.165) is 26.1 Å². The van der Waals surface area contributed by atoms with Crippen LogP contribution < -0.4 is 0 Å². The molecule has 0 saturated carbocycles. The van der Waals surface area contributed by atoms with Crippen LogP contribution in [0.15, 0.2) is 12.4 Å². The van der Waals surface area contributed by atoms with Crippen molar-refractivity contribution in [3.8, 4) is 0 Å². The van der Waals surface area contributed by atoms with Gasteiger partial charge in [-0.15, -0.1) is 0 Å². The van der Waals surface area contributed by atoms with E-state index >= 15 is 0 Å². The van der Waals surface area contributed by atoms with Gasteiger partial charge in [0.15, 0.2) is 0 Å². The molecule has 14 heavy (non-hydrogen) atoms. The van der Waals surface area contributed by atoms with Crippen LogP contribution in [0, 0.1) is 0 Å². The van der Waals surface area contributed by atoms with Crippen molar-refractivity contribution in [3.05, 3.63) is 18.0 Å².